The smallest absolute Gasteiger partial charge is 0.272 e. The number of nitrogens with zero attached hydrogens (tertiary/aromatic N) is 2. The number of hydrogen-bond acceptors (Lipinski definition) is 5. The molecule has 8 heteroatoms. The Labute approximate surface area is 147 Å². The van der Waals surface area contributed by atoms with Crippen molar-refractivity contribution in [2.75, 3.05) is 6.26 Å². The van der Waals surface area contributed by atoms with Crippen LogP contribution in [0.2, 0.25) is 0 Å². The third-order valence-electron chi connectivity index (χ3n) is 3.35. The molecule has 0 fully saturated rings. The summed E-state index contributed by atoms with van der Waals surface area (Å²) in [4.78, 5) is 17.9. The van der Waals surface area contributed by atoms with Gasteiger partial charge >= 0.3 is 0 Å². The van der Waals surface area contributed by atoms with Gasteiger partial charge in [0.05, 0.1) is 15.1 Å². The first-order chi connectivity index (χ1) is 11.3. The zero-order chi connectivity index (χ0) is 17.3. The number of benzene rings is 1. The number of aryl methyl sites for hydroxylation is 1. The third kappa shape index (κ3) is 3.55. The van der Waals surface area contributed by atoms with Crippen LogP contribution < -0.4 is 4.80 Å². The van der Waals surface area contributed by atoms with Crippen LogP contribution in [0.25, 0.3) is 16.3 Å². The fourth-order valence-corrected chi connectivity index (χ4v) is 4.53. The van der Waals surface area contributed by atoms with Gasteiger partial charge in [-0.05, 0) is 35.7 Å². The van der Waals surface area contributed by atoms with Gasteiger partial charge in [0.2, 0.25) is 0 Å². The molecule has 1 amide bonds. The monoisotopic (exact) mass is 378 g/mol. The molecule has 0 spiro atoms. The summed E-state index contributed by atoms with van der Waals surface area (Å²) in [7, 11) is -1.47. The van der Waals surface area contributed by atoms with Crippen LogP contribution in [0.15, 0.2) is 51.7 Å². The van der Waals surface area contributed by atoms with Crippen LogP contribution in [0.1, 0.15) is 4.88 Å². The van der Waals surface area contributed by atoms with Crippen molar-refractivity contribution >= 4 is 54.7 Å². The van der Waals surface area contributed by atoms with Crippen LogP contribution in [-0.2, 0) is 21.7 Å². The molecular weight excluding hydrogens is 364 g/mol. The van der Waals surface area contributed by atoms with Crippen molar-refractivity contribution in [3.63, 3.8) is 0 Å². The summed E-state index contributed by atoms with van der Waals surface area (Å²) in [5.41, 5.74) is 0.834. The molecule has 2 heterocycles. The highest BCUT2D eigenvalue weighted by Crippen LogP contribution is 2.21. The molecule has 0 aliphatic carbocycles. The highest BCUT2D eigenvalue weighted by Gasteiger charge is 2.10. The molecule has 0 radical (unpaired) electrons. The number of thiazole rings is 1. The topological polar surface area (TPSA) is 68.5 Å². The Balaban J connectivity index is 2.00. The van der Waals surface area contributed by atoms with Crippen molar-refractivity contribution in [3.8, 4) is 0 Å². The Kier molecular flexibility index (Phi) is 4.53. The number of rotatable bonds is 3. The van der Waals surface area contributed by atoms with Crippen molar-refractivity contribution in [1.29, 1.82) is 0 Å². The quantitative estimate of drug-likeness (QED) is 0.658. The van der Waals surface area contributed by atoms with Crippen LogP contribution >= 0.6 is 22.7 Å². The van der Waals surface area contributed by atoms with E-state index in [0.29, 0.717) is 4.80 Å². The highest BCUT2D eigenvalue weighted by atomic mass is 32.2. The maximum atomic E-state index is 12.0. The van der Waals surface area contributed by atoms with E-state index in [1.807, 2.05) is 17.5 Å². The first-order valence-electron chi connectivity index (χ1n) is 6.94. The predicted octanol–water partition coefficient (Wildman–Crippen LogP) is 2.85. The first-order valence-corrected chi connectivity index (χ1v) is 10.5. The predicted molar refractivity (Wildman–Crippen MR) is 97.8 cm³/mol. The van der Waals surface area contributed by atoms with Crippen molar-refractivity contribution in [2.24, 2.45) is 12.0 Å². The number of thiophene rings is 1. The fraction of sp³-hybridized carbons (Fsp3) is 0.125. The van der Waals surface area contributed by atoms with Gasteiger partial charge in [0.1, 0.15) is 0 Å². The van der Waals surface area contributed by atoms with Crippen LogP contribution in [0.4, 0.5) is 0 Å². The molecule has 0 saturated heterocycles. The molecule has 0 bridgehead atoms. The maximum Gasteiger partial charge on any atom is 0.272 e. The van der Waals surface area contributed by atoms with Crippen molar-refractivity contribution < 1.29 is 13.2 Å². The van der Waals surface area contributed by atoms with Crippen LogP contribution in [-0.4, -0.2) is 25.1 Å². The summed E-state index contributed by atoms with van der Waals surface area (Å²) in [6, 6.07) is 8.73. The van der Waals surface area contributed by atoms with E-state index < -0.39 is 9.84 Å². The number of carbonyl (C=O) groups excluding carboxylic acids is 1. The molecule has 24 heavy (non-hydrogen) atoms. The van der Waals surface area contributed by atoms with Crippen molar-refractivity contribution in [1.82, 2.24) is 4.57 Å². The normalized spacial score (nSPS) is 13.2. The Bertz CT molecular complexity index is 1100. The minimum absolute atomic E-state index is 0.257. The zero-order valence-electron chi connectivity index (χ0n) is 13.0. The Morgan fingerprint density at radius 2 is 2.08 bits per heavy atom. The van der Waals surface area contributed by atoms with E-state index in [2.05, 4.69) is 4.99 Å². The third-order valence-corrected chi connectivity index (χ3v) is 6.39. The van der Waals surface area contributed by atoms with E-state index in [9.17, 15) is 13.2 Å². The number of amides is 1. The van der Waals surface area contributed by atoms with Gasteiger partial charge in [0.15, 0.2) is 14.6 Å². The summed E-state index contributed by atoms with van der Waals surface area (Å²) < 4.78 is 25.9. The molecule has 1 aromatic carbocycles. The standard InChI is InChI=1S/C16H14N2O3S3/c1-18-13-7-6-12(24(2,20)21)10-14(13)23-16(18)17-15(19)8-5-11-4-3-9-22-11/h3-10H,1-2H3/b8-5+,17-16?. The number of sulfone groups is 1. The molecule has 124 valence electrons. The average Bonchev–Trinajstić information content (AvgIpc) is 3.13. The average molecular weight is 379 g/mol. The molecule has 2 aromatic heterocycles. The van der Waals surface area contributed by atoms with E-state index in [1.165, 1.54) is 23.7 Å². The second-order valence-electron chi connectivity index (χ2n) is 5.14. The Morgan fingerprint density at radius 3 is 2.75 bits per heavy atom. The number of aromatic nitrogens is 1. The molecule has 0 atom stereocenters. The van der Waals surface area contributed by atoms with E-state index >= 15 is 0 Å². The molecule has 0 saturated carbocycles. The van der Waals surface area contributed by atoms with Crippen LogP contribution in [0, 0.1) is 0 Å². The van der Waals surface area contributed by atoms with Gasteiger partial charge in [-0.2, -0.15) is 4.99 Å². The lowest BCUT2D eigenvalue weighted by molar-refractivity contribution is -0.113. The van der Waals surface area contributed by atoms with Gasteiger partial charge in [0.25, 0.3) is 5.91 Å². The van der Waals surface area contributed by atoms with Gasteiger partial charge in [-0.3, -0.25) is 4.79 Å². The van der Waals surface area contributed by atoms with Crippen LogP contribution in [0.5, 0.6) is 0 Å². The fourth-order valence-electron chi connectivity index (χ4n) is 2.12. The summed E-state index contributed by atoms with van der Waals surface area (Å²) in [5, 5.41) is 1.94. The van der Waals surface area contributed by atoms with Crippen LogP contribution in [0.3, 0.4) is 0 Å². The summed E-state index contributed by atoms with van der Waals surface area (Å²) in [5.74, 6) is -0.353. The number of fused-ring (bicyclic) bond motifs is 1. The summed E-state index contributed by atoms with van der Waals surface area (Å²) in [6.07, 6.45) is 4.33. The number of hydrogen-bond donors (Lipinski definition) is 0. The lowest BCUT2D eigenvalue weighted by Crippen LogP contribution is -2.12. The van der Waals surface area contributed by atoms with E-state index in [-0.39, 0.29) is 10.8 Å². The minimum Gasteiger partial charge on any atom is -0.319 e. The van der Waals surface area contributed by atoms with E-state index in [4.69, 9.17) is 0 Å². The largest absolute Gasteiger partial charge is 0.319 e. The molecule has 0 aliphatic rings. The van der Waals surface area contributed by atoms with Gasteiger partial charge in [-0.1, -0.05) is 17.4 Å². The van der Waals surface area contributed by atoms with Crippen molar-refractivity contribution in [3.05, 3.63) is 51.5 Å². The maximum absolute atomic E-state index is 12.0. The lowest BCUT2D eigenvalue weighted by atomic mass is 10.3. The second-order valence-corrected chi connectivity index (χ2v) is 9.15. The number of carbonyl (C=O) groups is 1. The van der Waals surface area contributed by atoms with Gasteiger partial charge in [-0.25, -0.2) is 8.42 Å². The second kappa shape index (κ2) is 6.46. The van der Waals surface area contributed by atoms with Crippen molar-refractivity contribution in [2.45, 2.75) is 4.90 Å². The van der Waals surface area contributed by atoms with Gasteiger partial charge in [0, 0.05) is 24.3 Å². The Morgan fingerprint density at radius 1 is 1.29 bits per heavy atom. The molecule has 0 aliphatic heterocycles. The summed E-state index contributed by atoms with van der Waals surface area (Å²) in [6.45, 7) is 0. The summed E-state index contributed by atoms with van der Waals surface area (Å²) >= 11 is 2.83. The molecule has 3 rings (SSSR count). The molecule has 3 aromatic rings. The van der Waals surface area contributed by atoms with Gasteiger partial charge < -0.3 is 4.57 Å². The Hall–Kier alpha value is -2.03. The SMILES string of the molecule is Cn1c(=NC(=O)/C=C/c2cccs2)sc2cc(S(C)(=O)=O)ccc21. The highest BCUT2D eigenvalue weighted by molar-refractivity contribution is 7.90. The first kappa shape index (κ1) is 16.8. The molecule has 0 N–H and O–H groups in total. The lowest BCUT2D eigenvalue weighted by Gasteiger charge is -1.98. The minimum atomic E-state index is -3.26. The molecule has 0 unspecified atom stereocenters. The molecular formula is C16H14N2O3S3. The van der Waals surface area contributed by atoms with E-state index in [1.54, 1.807) is 47.2 Å². The van der Waals surface area contributed by atoms with Gasteiger partial charge in [-0.15, -0.1) is 11.3 Å². The zero-order valence-corrected chi connectivity index (χ0v) is 15.4. The van der Waals surface area contributed by atoms with E-state index in [0.717, 1.165) is 15.1 Å². The molecule has 5 nitrogen and oxygen atoms in total.